The largest absolute Gasteiger partial charge is 0.457 e. The standard InChI is InChI=1S/C20H24FN3O3.ClH/c1-13(2)19(22)20(26)24-12-18(25)23-11-14-3-7-16(8-4-14)27-17-9-5-15(21)6-10-17;/h3-10,13,19H,11-12,22H2,1-2H3,(H,23,25)(H,24,26);1H/t19-;/m0./s1. The van der Waals surface area contributed by atoms with Gasteiger partial charge in [0.1, 0.15) is 17.3 Å². The maximum Gasteiger partial charge on any atom is 0.239 e. The van der Waals surface area contributed by atoms with Crippen molar-refractivity contribution in [1.29, 1.82) is 0 Å². The molecular weight excluding hydrogens is 385 g/mol. The minimum absolute atomic E-state index is 0. The van der Waals surface area contributed by atoms with E-state index < -0.39 is 6.04 Å². The first-order valence-corrected chi connectivity index (χ1v) is 8.67. The molecule has 0 spiro atoms. The molecule has 0 saturated heterocycles. The van der Waals surface area contributed by atoms with Gasteiger partial charge in [-0.1, -0.05) is 26.0 Å². The number of carbonyl (C=O) groups is 2. The molecule has 2 amide bonds. The lowest BCUT2D eigenvalue weighted by Crippen LogP contribution is -2.47. The first-order chi connectivity index (χ1) is 12.8. The number of nitrogens with one attached hydrogen (secondary N) is 2. The summed E-state index contributed by atoms with van der Waals surface area (Å²) in [5.41, 5.74) is 6.59. The summed E-state index contributed by atoms with van der Waals surface area (Å²) in [5.74, 6) is 0.173. The van der Waals surface area contributed by atoms with Crippen LogP contribution in [0.4, 0.5) is 4.39 Å². The van der Waals surface area contributed by atoms with Crippen LogP contribution in [-0.2, 0) is 16.1 Å². The summed E-state index contributed by atoms with van der Waals surface area (Å²) in [4.78, 5) is 23.5. The van der Waals surface area contributed by atoms with Crippen LogP contribution in [0.25, 0.3) is 0 Å². The highest BCUT2D eigenvalue weighted by molar-refractivity contribution is 5.87. The van der Waals surface area contributed by atoms with E-state index in [0.29, 0.717) is 18.0 Å². The van der Waals surface area contributed by atoms with E-state index in [4.69, 9.17) is 10.5 Å². The van der Waals surface area contributed by atoms with E-state index in [1.54, 1.807) is 24.3 Å². The van der Waals surface area contributed by atoms with Crippen LogP contribution >= 0.6 is 12.4 Å². The lowest BCUT2D eigenvalue weighted by molar-refractivity contribution is -0.127. The SMILES string of the molecule is CC(C)[C@H](N)C(=O)NCC(=O)NCc1ccc(Oc2ccc(F)cc2)cc1.Cl. The molecule has 152 valence electrons. The summed E-state index contributed by atoms with van der Waals surface area (Å²) in [6.07, 6.45) is 0. The topological polar surface area (TPSA) is 93.5 Å². The van der Waals surface area contributed by atoms with Crippen molar-refractivity contribution in [2.45, 2.75) is 26.4 Å². The molecule has 2 rings (SSSR count). The minimum atomic E-state index is -0.633. The fourth-order valence-electron chi connectivity index (χ4n) is 2.17. The third-order valence-electron chi connectivity index (χ3n) is 3.91. The molecule has 0 heterocycles. The van der Waals surface area contributed by atoms with Crippen molar-refractivity contribution in [3.05, 3.63) is 59.9 Å². The summed E-state index contributed by atoms with van der Waals surface area (Å²) in [6.45, 7) is 3.88. The molecule has 0 aliphatic carbocycles. The Morgan fingerprint density at radius 2 is 1.54 bits per heavy atom. The van der Waals surface area contributed by atoms with Gasteiger partial charge in [-0.25, -0.2) is 4.39 Å². The normalized spacial score (nSPS) is 11.3. The van der Waals surface area contributed by atoms with Gasteiger partial charge in [0.25, 0.3) is 0 Å². The summed E-state index contributed by atoms with van der Waals surface area (Å²) in [6, 6.07) is 12.2. The molecule has 0 fully saturated rings. The van der Waals surface area contributed by atoms with E-state index in [-0.39, 0.29) is 42.5 Å². The smallest absolute Gasteiger partial charge is 0.239 e. The van der Waals surface area contributed by atoms with Crippen LogP contribution in [0.15, 0.2) is 48.5 Å². The second-order valence-corrected chi connectivity index (χ2v) is 6.46. The third kappa shape index (κ3) is 7.54. The maximum atomic E-state index is 12.9. The monoisotopic (exact) mass is 409 g/mol. The highest BCUT2D eigenvalue weighted by Gasteiger charge is 2.17. The average molecular weight is 410 g/mol. The van der Waals surface area contributed by atoms with Crippen LogP contribution in [0.3, 0.4) is 0 Å². The number of amides is 2. The number of ether oxygens (including phenoxy) is 1. The Morgan fingerprint density at radius 3 is 2.07 bits per heavy atom. The number of hydrogen-bond donors (Lipinski definition) is 3. The Hall–Kier alpha value is -2.64. The van der Waals surface area contributed by atoms with Gasteiger partial charge in [0, 0.05) is 6.54 Å². The highest BCUT2D eigenvalue weighted by atomic mass is 35.5. The summed E-state index contributed by atoms with van der Waals surface area (Å²) in [5, 5.41) is 5.24. The number of nitrogens with two attached hydrogens (primary N) is 1. The minimum Gasteiger partial charge on any atom is -0.457 e. The molecule has 0 aliphatic rings. The van der Waals surface area contributed by atoms with E-state index in [9.17, 15) is 14.0 Å². The Labute approximate surface area is 170 Å². The lowest BCUT2D eigenvalue weighted by Gasteiger charge is -2.15. The van der Waals surface area contributed by atoms with Gasteiger partial charge >= 0.3 is 0 Å². The number of benzene rings is 2. The van der Waals surface area contributed by atoms with Crippen molar-refractivity contribution in [1.82, 2.24) is 10.6 Å². The number of hydrogen-bond acceptors (Lipinski definition) is 4. The quantitative estimate of drug-likeness (QED) is 0.625. The zero-order chi connectivity index (χ0) is 19.8. The fraction of sp³-hybridized carbons (Fsp3) is 0.300. The molecule has 4 N–H and O–H groups in total. The Bertz CT molecular complexity index is 767. The van der Waals surface area contributed by atoms with Crippen LogP contribution in [0.2, 0.25) is 0 Å². The van der Waals surface area contributed by atoms with Crippen molar-refractivity contribution >= 4 is 24.2 Å². The second-order valence-electron chi connectivity index (χ2n) is 6.46. The molecule has 8 heteroatoms. The van der Waals surface area contributed by atoms with E-state index in [2.05, 4.69) is 10.6 Å². The van der Waals surface area contributed by atoms with E-state index in [1.165, 1.54) is 12.1 Å². The van der Waals surface area contributed by atoms with Gasteiger partial charge in [0.2, 0.25) is 11.8 Å². The van der Waals surface area contributed by atoms with E-state index in [1.807, 2.05) is 26.0 Å². The van der Waals surface area contributed by atoms with Gasteiger partial charge in [0.15, 0.2) is 0 Å². The molecule has 6 nitrogen and oxygen atoms in total. The number of halogens is 2. The van der Waals surface area contributed by atoms with Crippen LogP contribution in [0.5, 0.6) is 11.5 Å². The van der Waals surface area contributed by atoms with Crippen LogP contribution in [0.1, 0.15) is 19.4 Å². The molecule has 1 atom stereocenters. The number of carbonyl (C=O) groups excluding carboxylic acids is 2. The molecule has 28 heavy (non-hydrogen) atoms. The van der Waals surface area contributed by atoms with Crippen LogP contribution < -0.4 is 21.1 Å². The highest BCUT2D eigenvalue weighted by Crippen LogP contribution is 2.21. The molecule has 0 bridgehead atoms. The third-order valence-corrected chi connectivity index (χ3v) is 3.91. The van der Waals surface area contributed by atoms with Gasteiger partial charge in [-0.05, 0) is 47.9 Å². The predicted octanol–water partition coefficient (Wildman–Crippen LogP) is 2.76. The number of rotatable bonds is 8. The Kier molecular flexibility index (Phi) is 9.41. The van der Waals surface area contributed by atoms with E-state index in [0.717, 1.165) is 5.56 Å². The first-order valence-electron chi connectivity index (χ1n) is 8.67. The molecule has 0 saturated carbocycles. The van der Waals surface area contributed by atoms with Gasteiger partial charge < -0.3 is 21.1 Å². The van der Waals surface area contributed by atoms with Gasteiger partial charge in [0.05, 0.1) is 12.6 Å². The summed E-state index contributed by atoms with van der Waals surface area (Å²) >= 11 is 0. The fourth-order valence-corrected chi connectivity index (χ4v) is 2.17. The summed E-state index contributed by atoms with van der Waals surface area (Å²) in [7, 11) is 0. The van der Waals surface area contributed by atoms with Gasteiger partial charge in [-0.2, -0.15) is 0 Å². The van der Waals surface area contributed by atoms with Crippen LogP contribution in [0, 0.1) is 11.7 Å². The van der Waals surface area contributed by atoms with Crippen LogP contribution in [-0.4, -0.2) is 24.4 Å². The molecule has 0 unspecified atom stereocenters. The zero-order valence-electron chi connectivity index (χ0n) is 15.8. The average Bonchev–Trinajstić information content (AvgIpc) is 2.66. The molecule has 0 aromatic heterocycles. The predicted molar refractivity (Wildman–Crippen MR) is 108 cm³/mol. The Balaban J connectivity index is 0.00000392. The lowest BCUT2D eigenvalue weighted by atomic mass is 10.1. The van der Waals surface area contributed by atoms with Crippen molar-refractivity contribution < 1.29 is 18.7 Å². The molecule has 2 aromatic carbocycles. The van der Waals surface area contributed by atoms with Crippen molar-refractivity contribution in [3.63, 3.8) is 0 Å². The molecule has 0 radical (unpaired) electrons. The maximum absolute atomic E-state index is 12.9. The first kappa shape index (κ1) is 23.4. The Morgan fingerprint density at radius 1 is 1.00 bits per heavy atom. The van der Waals surface area contributed by atoms with Crippen molar-refractivity contribution in [3.8, 4) is 11.5 Å². The van der Waals surface area contributed by atoms with E-state index >= 15 is 0 Å². The molecule has 0 aliphatic heterocycles. The second kappa shape index (κ2) is 11.3. The van der Waals surface area contributed by atoms with Gasteiger partial charge in [-0.15, -0.1) is 12.4 Å². The van der Waals surface area contributed by atoms with Gasteiger partial charge in [-0.3, -0.25) is 9.59 Å². The zero-order valence-corrected chi connectivity index (χ0v) is 16.6. The van der Waals surface area contributed by atoms with Crippen molar-refractivity contribution in [2.75, 3.05) is 6.54 Å². The van der Waals surface area contributed by atoms with Crippen molar-refractivity contribution in [2.24, 2.45) is 11.7 Å². The molecular formula is C20H25ClFN3O3. The molecule has 2 aromatic rings. The summed E-state index contributed by atoms with van der Waals surface area (Å²) < 4.78 is 18.5.